The molecule has 0 radical (unpaired) electrons. The molecule has 0 aromatic heterocycles. The van der Waals surface area contributed by atoms with Gasteiger partial charge in [-0.2, -0.15) is 13.2 Å². The van der Waals surface area contributed by atoms with E-state index in [0.29, 0.717) is 0 Å². The van der Waals surface area contributed by atoms with Crippen LogP contribution in [0.4, 0.5) is 30.2 Å². The van der Waals surface area contributed by atoms with Gasteiger partial charge in [-0.1, -0.05) is 0 Å². The summed E-state index contributed by atoms with van der Waals surface area (Å²) in [7, 11) is 0. The third-order valence-corrected chi connectivity index (χ3v) is 2.83. The third kappa shape index (κ3) is 2.18. The number of nitrogens with zero attached hydrogens (tertiary/aromatic N) is 1. The Labute approximate surface area is 99.9 Å². The van der Waals surface area contributed by atoms with Gasteiger partial charge in [0.25, 0.3) is 5.69 Å². The Morgan fingerprint density at radius 2 is 1.94 bits per heavy atom. The van der Waals surface area contributed by atoms with Crippen LogP contribution in [0.3, 0.4) is 0 Å². The largest absolute Gasteiger partial charge is 0.411 e. The van der Waals surface area contributed by atoms with E-state index in [1.54, 1.807) is 0 Å². The first kappa shape index (κ1) is 12.5. The molecule has 0 unspecified atom stereocenters. The zero-order chi connectivity index (χ0) is 13.6. The van der Waals surface area contributed by atoms with Crippen molar-refractivity contribution in [2.75, 3.05) is 11.1 Å². The van der Waals surface area contributed by atoms with Crippen molar-refractivity contribution in [1.29, 1.82) is 0 Å². The normalized spacial score (nSPS) is 17.3. The second-order valence-corrected chi connectivity index (χ2v) is 4.28. The predicted octanol–water partition coefficient (Wildman–Crippen LogP) is 2.68. The van der Waals surface area contributed by atoms with E-state index >= 15 is 0 Å². The Morgan fingerprint density at radius 1 is 1.33 bits per heavy atom. The molecule has 1 aromatic rings. The van der Waals surface area contributed by atoms with Crippen LogP contribution in [-0.2, 0) is 0 Å². The number of rotatable bonds is 3. The quantitative estimate of drug-likeness (QED) is 0.498. The molecule has 8 heteroatoms. The first-order chi connectivity index (χ1) is 8.23. The van der Waals surface area contributed by atoms with E-state index in [4.69, 9.17) is 5.73 Å². The molecule has 2 rings (SSSR count). The zero-order valence-corrected chi connectivity index (χ0v) is 9.12. The van der Waals surface area contributed by atoms with Gasteiger partial charge in [0.05, 0.1) is 4.92 Å². The van der Waals surface area contributed by atoms with Crippen LogP contribution in [0.15, 0.2) is 18.2 Å². The Balaban J connectivity index is 2.28. The Kier molecular flexibility index (Phi) is 2.60. The maximum Gasteiger partial charge on any atom is 0.411 e. The van der Waals surface area contributed by atoms with Crippen LogP contribution in [0.5, 0.6) is 0 Å². The molecule has 3 N–H and O–H groups in total. The average Bonchev–Trinajstić information content (AvgIpc) is 2.96. The predicted molar refractivity (Wildman–Crippen MR) is 59.2 cm³/mol. The number of hydrogen-bond acceptors (Lipinski definition) is 4. The molecule has 98 valence electrons. The van der Waals surface area contributed by atoms with Gasteiger partial charge in [0, 0.05) is 23.5 Å². The minimum absolute atomic E-state index is 0.0107. The van der Waals surface area contributed by atoms with Crippen LogP contribution in [0.2, 0.25) is 0 Å². The van der Waals surface area contributed by atoms with E-state index in [0.717, 1.165) is 12.1 Å². The summed E-state index contributed by atoms with van der Waals surface area (Å²) in [6.07, 6.45) is -4.47. The SMILES string of the molecule is Nc1cc(NC2(C(F)(F)F)CC2)cc([N+](=O)[O-])c1. The summed E-state index contributed by atoms with van der Waals surface area (Å²) in [4.78, 5) is 9.88. The van der Waals surface area contributed by atoms with E-state index in [1.807, 2.05) is 0 Å². The van der Waals surface area contributed by atoms with Crippen LogP contribution >= 0.6 is 0 Å². The van der Waals surface area contributed by atoms with E-state index in [9.17, 15) is 23.3 Å². The molecule has 5 nitrogen and oxygen atoms in total. The van der Waals surface area contributed by atoms with E-state index in [-0.39, 0.29) is 29.9 Å². The Morgan fingerprint density at radius 3 is 2.39 bits per heavy atom. The zero-order valence-electron chi connectivity index (χ0n) is 9.12. The van der Waals surface area contributed by atoms with Crippen LogP contribution in [-0.4, -0.2) is 16.6 Å². The van der Waals surface area contributed by atoms with Crippen molar-refractivity contribution in [2.24, 2.45) is 0 Å². The molecular weight excluding hydrogens is 251 g/mol. The lowest BCUT2D eigenvalue weighted by Gasteiger charge is -2.21. The summed E-state index contributed by atoms with van der Waals surface area (Å²) in [5.74, 6) is 0. The van der Waals surface area contributed by atoms with E-state index < -0.39 is 16.6 Å². The lowest BCUT2D eigenvalue weighted by Crippen LogP contribution is -2.38. The molecule has 0 atom stereocenters. The average molecular weight is 261 g/mol. The van der Waals surface area contributed by atoms with Crippen molar-refractivity contribution in [3.63, 3.8) is 0 Å². The van der Waals surface area contributed by atoms with Crippen LogP contribution in [0.1, 0.15) is 12.8 Å². The van der Waals surface area contributed by atoms with Gasteiger partial charge in [0.15, 0.2) is 0 Å². The summed E-state index contributed by atoms with van der Waals surface area (Å²) in [5.41, 5.74) is 3.18. The molecule has 0 heterocycles. The highest BCUT2D eigenvalue weighted by molar-refractivity contribution is 5.63. The highest BCUT2D eigenvalue weighted by Gasteiger charge is 2.63. The third-order valence-electron chi connectivity index (χ3n) is 2.83. The number of alkyl halides is 3. The first-order valence-electron chi connectivity index (χ1n) is 5.13. The van der Waals surface area contributed by atoms with Crippen LogP contribution in [0.25, 0.3) is 0 Å². The fourth-order valence-corrected chi connectivity index (χ4v) is 1.69. The Bertz CT molecular complexity index is 498. The van der Waals surface area contributed by atoms with Gasteiger partial charge in [0.2, 0.25) is 0 Å². The van der Waals surface area contributed by atoms with Gasteiger partial charge in [-0.05, 0) is 18.9 Å². The van der Waals surface area contributed by atoms with Crippen LogP contribution in [0, 0.1) is 10.1 Å². The number of nitrogens with one attached hydrogen (secondary N) is 1. The van der Waals surface area contributed by atoms with Gasteiger partial charge in [-0.15, -0.1) is 0 Å². The highest BCUT2D eigenvalue weighted by Crippen LogP contribution is 2.51. The van der Waals surface area contributed by atoms with Crippen molar-refractivity contribution >= 4 is 17.1 Å². The van der Waals surface area contributed by atoms with Gasteiger partial charge in [-0.3, -0.25) is 10.1 Å². The number of nitrogens with two attached hydrogens (primary N) is 1. The smallest absolute Gasteiger partial charge is 0.398 e. The number of halogens is 3. The number of benzene rings is 1. The van der Waals surface area contributed by atoms with E-state index in [1.165, 1.54) is 6.07 Å². The van der Waals surface area contributed by atoms with E-state index in [2.05, 4.69) is 5.32 Å². The fraction of sp³-hybridized carbons (Fsp3) is 0.400. The molecule has 18 heavy (non-hydrogen) atoms. The van der Waals surface area contributed by atoms with Gasteiger partial charge < -0.3 is 11.1 Å². The van der Waals surface area contributed by atoms with Crippen molar-refractivity contribution < 1.29 is 18.1 Å². The summed E-state index contributed by atoms with van der Waals surface area (Å²) in [6, 6.07) is 3.39. The molecular formula is C10H10F3N3O2. The molecule has 1 aromatic carbocycles. The molecule has 1 aliphatic rings. The van der Waals surface area contributed by atoms with Crippen molar-refractivity contribution in [3.8, 4) is 0 Å². The molecule has 1 saturated carbocycles. The second kappa shape index (κ2) is 3.76. The summed E-state index contributed by atoms with van der Waals surface area (Å²) < 4.78 is 38.1. The van der Waals surface area contributed by atoms with Gasteiger partial charge >= 0.3 is 6.18 Å². The number of non-ortho nitro benzene ring substituents is 1. The van der Waals surface area contributed by atoms with Crippen molar-refractivity contribution in [1.82, 2.24) is 0 Å². The first-order valence-corrected chi connectivity index (χ1v) is 5.13. The van der Waals surface area contributed by atoms with Gasteiger partial charge in [-0.25, -0.2) is 0 Å². The maximum absolute atomic E-state index is 12.7. The monoisotopic (exact) mass is 261 g/mol. The topological polar surface area (TPSA) is 81.2 Å². The molecule has 0 bridgehead atoms. The molecule has 0 aliphatic heterocycles. The lowest BCUT2D eigenvalue weighted by atomic mass is 10.2. The molecule has 0 saturated heterocycles. The highest BCUT2D eigenvalue weighted by atomic mass is 19.4. The minimum atomic E-state index is -4.38. The van der Waals surface area contributed by atoms with Crippen LogP contribution < -0.4 is 11.1 Å². The summed E-state index contributed by atoms with van der Waals surface area (Å²) >= 11 is 0. The molecule has 0 spiro atoms. The minimum Gasteiger partial charge on any atom is -0.398 e. The molecule has 1 fully saturated rings. The summed E-state index contributed by atoms with van der Waals surface area (Å²) in [6.45, 7) is 0. The van der Waals surface area contributed by atoms with Crippen molar-refractivity contribution in [3.05, 3.63) is 28.3 Å². The number of nitro groups is 1. The lowest BCUT2D eigenvalue weighted by molar-refractivity contribution is -0.384. The van der Waals surface area contributed by atoms with Crippen molar-refractivity contribution in [2.45, 2.75) is 24.6 Å². The number of hydrogen-bond donors (Lipinski definition) is 2. The number of nitrogen functional groups attached to an aromatic ring is 1. The Hall–Kier alpha value is -1.99. The number of nitro benzene ring substituents is 1. The summed E-state index contributed by atoms with van der Waals surface area (Å²) in [5, 5.41) is 12.9. The molecule has 0 amide bonds. The fourth-order valence-electron chi connectivity index (χ4n) is 1.69. The number of anilines is 2. The second-order valence-electron chi connectivity index (χ2n) is 4.28. The van der Waals surface area contributed by atoms with Gasteiger partial charge in [0.1, 0.15) is 5.54 Å². The molecule has 1 aliphatic carbocycles. The maximum atomic E-state index is 12.7. The standard InChI is InChI=1S/C10H10F3N3O2/c11-10(12,13)9(1-2-9)15-7-3-6(14)4-8(5-7)16(17)18/h3-5,15H,1-2,14H2.